The number of aryl methyl sites for hydroxylation is 1. The number of Topliss-reactive ketones (excluding diaryl/α,β-unsaturated/α-hetero) is 1. The molecule has 5 rings (SSSR count). The zero-order chi connectivity index (χ0) is 24.4. The molecule has 0 saturated heterocycles. The van der Waals surface area contributed by atoms with Gasteiger partial charge in [-0.15, -0.1) is 10.2 Å². The molecule has 0 fully saturated rings. The molecular weight excluding hydrogens is 501 g/mol. The molecule has 2 heterocycles. The first kappa shape index (κ1) is 23.4. The predicted molar refractivity (Wildman–Crippen MR) is 141 cm³/mol. The van der Waals surface area contributed by atoms with Crippen molar-refractivity contribution in [3.63, 3.8) is 0 Å². The molecular formula is C27H19Cl2N3O2S. The van der Waals surface area contributed by atoms with Gasteiger partial charge in [0, 0.05) is 21.8 Å². The van der Waals surface area contributed by atoms with E-state index < -0.39 is 0 Å². The van der Waals surface area contributed by atoms with Gasteiger partial charge in [0.1, 0.15) is 5.76 Å². The van der Waals surface area contributed by atoms with E-state index in [2.05, 4.69) is 16.3 Å². The highest BCUT2D eigenvalue weighted by Gasteiger charge is 2.19. The molecule has 0 aliphatic heterocycles. The Hall–Kier alpha value is -3.32. The summed E-state index contributed by atoms with van der Waals surface area (Å²) in [5.74, 6) is 1.45. The Morgan fingerprint density at radius 3 is 2.54 bits per heavy atom. The van der Waals surface area contributed by atoms with Gasteiger partial charge in [0.25, 0.3) is 0 Å². The van der Waals surface area contributed by atoms with Gasteiger partial charge in [0.15, 0.2) is 16.7 Å². The number of benzene rings is 3. The van der Waals surface area contributed by atoms with Crippen LogP contribution in [-0.2, 0) is 0 Å². The van der Waals surface area contributed by atoms with E-state index in [0.717, 1.165) is 16.8 Å². The minimum Gasteiger partial charge on any atom is -0.453 e. The van der Waals surface area contributed by atoms with Gasteiger partial charge >= 0.3 is 0 Å². The van der Waals surface area contributed by atoms with Crippen LogP contribution in [0.1, 0.15) is 16.1 Å². The predicted octanol–water partition coefficient (Wildman–Crippen LogP) is 7.78. The average molecular weight is 520 g/mol. The molecule has 0 atom stereocenters. The molecule has 8 heteroatoms. The van der Waals surface area contributed by atoms with Crippen molar-refractivity contribution < 1.29 is 9.21 Å². The van der Waals surface area contributed by atoms with E-state index in [0.29, 0.717) is 32.3 Å². The molecule has 35 heavy (non-hydrogen) atoms. The van der Waals surface area contributed by atoms with E-state index in [1.165, 1.54) is 11.8 Å². The van der Waals surface area contributed by atoms with Crippen LogP contribution in [0.4, 0.5) is 0 Å². The number of furan rings is 1. The first-order valence-electron chi connectivity index (χ1n) is 10.8. The first-order chi connectivity index (χ1) is 17.0. The monoisotopic (exact) mass is 519 g/mol. The summed E-state index contributed by atoms with van der Waals surface area (Å²) in [5, 5.41) is 10.4. The number of hydrogen-bond acceptors (Lipinski definition) is 5. The fourth-order valence-electron chi connectivity index (χ4n) is 3.66. The molecule has 174 valence electrons. The Kier molecular flexibility index (Phi) is 6.77. The fraction of sp³-hybridized carbons (Fsp3) is 0.0741. The van der Waals surface area contributed by atoms with Crippen LogP contribution in [0.2, 0.25) is 10.0 Å². The molecule has 5 aromatic rings. The lowest BCUT2D eigenvalue weighted by atomic mass is 10.2. The van der Waals surface area contributed by atoms with Crippen molar-refractivity contribution >= 4 is 40.7 Å². The Morgan fingerprint density at radius 2 is 1.77 bits per heavy atom. The lowest BCUT2D eigenvalue weighted by Crippen LogP contribution is -2.04. The maximum Gasteiger partial charge on any atom is 0.208 e. The van der Waals surface area contributed by atoms with Gasteiger partial charge in [-0.3, -0.25) is 9.36 Å². The van der Waals surface area contributed by atoms with Gasteiger partial charge in [-0.1, -0.05) is 77.4 Å². The number of rotatable bonds is 7. The third kappa shape index (κ3) is 5.05. The Morgan fingerprint density at radius 1 is 0.943 bits per heavy atom. The van der Waals surface area contributed by atoms with Crippen LogP contribution in [0.25, 0.3) is 28.4 Å². The van der Waals surface area contributed by atoms with Gasteiger partial charge in [0.2, 0.25) is 5.78 Å². The van der Waals surface area contributed by atoms with E-state index in [1.807, 2.05) is 60.0 Å². The minimum atomic E-state index is -0.161. The van der Waals surface area contributed by atoms with Crippen LogP contribution >= 0.6 is 35.0 Å². The summed E-state index contributed by atoms with van der Waals surface area (Å²) in [6.45, 7) is 2.04. The van der Waals surface area contributed by atoms with E-state index in [4.69, 9.17) is 27.6 Å². The SMILES string of the molecule is Cc1cccc(-n2c(SCC(=O)c3ccc(-c4ccc(Cl)cc4Cl)o3)nnc2-c2ccccc2)c1. The smallest absolute Gasteiger partial charge is 0.208 e. The van der Waals surface area contributed by atoms with Crippen molar-refractivity contribution in [2.45, 2.75) is 12.1 Å². The molecule has 0 bridgehead atoms. The van der Waals surface area contributed by atoms with Crippen LogP contribution in [0.3, 0.4) is 0 Å². The molecule has 0 aliphatic rings. The number of carbonyl (C=O) groups excluding carboxylic acids is 1. The van der Waals surface area contributed by atoms with Gasteiger partial charge in [-0.05, 0) is 55.0 Å². The normalized spacial score (nSPS) is 11.1. The quantitative estimate of drug-likeness (QED) is 0.162. The number of halogens is 2. The highest BCUT2D eigenvalue weighted by atomic mass is 35.5. The zero-order valence-electron chi connectivity index (χ0n) is 18.6. The van der Waals surface area contributed by atoms with Gasteiger partial charge in [-0.25, -0.2) is 0 Å². The molecule has 0 saturated carbocycles. The van der Waals surface area contributed by atoms with Crippen molar-refractivity contribution in [3.05, 3.63) is 106 Å². The zero-order valence-corrected chi connectivity index (χ0v) is 20.9. The molecule has 3 aromatic carbocycles. The molecule has 0 spiro atoms. The highest BCUT2D eigenvalue weighted by molar-refractivity contribution is 7.99. The summed E-state index contributed by atoms with van der Waals surface area (Å²) in [7, 11) is 0. The minimum absolute atomic E-state index is 0.139. The van der Waals surface area contributed by atoms with E-state index in [9.17, 15) is 4.79 Å². The lowest BCUT2D eigenvalue weighted by molar-refractivity contribution is 0.0993. The summed E-state index contributed by atoms with van der Waals surface area (Å²) in [6, 6.07) is 26.5. The average Bonchev–Trinajstić information content (AvgIpc) is 3.51. The lowest BCUT2D eigenvalue weighted by Gasteiger charge is -2.11. The molecule has 5 nitrogen and oxygen atoms in total. The summed E-state index contributed by atoms with van der Waals surface area (Å²) in [6.07, 6.45) is 0. The number of carbonyl (C=O) groups is 1. The van der Waals surface area contributed by atoms with Crippen molar-refractivity contribution in [3.8, 4) is 28.4 Å². The second kappa shape index (κ2) is 10.1. The van der Waals surface area contributed by atoms with Crippen molar-refractivity contribution in [1.29, 1.82) is 0 Å². The maximum absolute atomic E-state index is 13.0. The summed E-state index contributed by atoms with van der Waals surface area (Å²) < 4.78 is 7.79. The van der Waals surface area contributed by atoms with Crippen LogP contribution in [0, 0.1) is 6.92 Å². The van der Waals surface area contributed by atoms with Crippen molar-refractivity contribution in [1.82, 2.24) is 14.8 Å². The third-order valence-electron chi connectivity index (χ3n) is 5.33. The third-order valence-corrected chi connectivity index (χ3v) is 6.81. The second-order valence-electron chi connectivity index (χ2n) is 7.85. The molecule has 0 aliphatic carbocycles. The Balaban J connectivity index is 1.41. The summed E-state index contributed by atoms with van der Waals surface area (Å²) in [4.78, 5) is 13.0. The van der Waals surface area contributed by atoms with E-state index in [1.54, 1.807) is 30.3 Å². The van der Waals surface area contributed by atoms with Gasteiger partial charge in [0.05, 0.1) is 10.8 Å². The molecule has 0 unspecified atom stereocenters. The number of ketones is 1. The molecule has 2 aromatic heterocycles. The fourth-order valence-corrected chi connectivity index (χ4v) is 4.98. The number of nitrogens with zero attached hydrogens (tertiary/aromatic N) is 3. The van der Waals surface area contributed by atoms with Crippen molar-refractivity contribution in [2.24, 2.45) is 0 Å². The summed E-state index contributed by atoms with van der Waals surface area (Å²) in [5.41, 5.74) is 3.66. The first-order valence-corrected chi connectivity index (χ1v) is 12.5. The van der Waals surface area contributed by atoms with E-state index >= 15 is 0 Å². The van der Waals surface area contributed by atoms with Crippen LogP contribution in [0.15, 0.2) is 94.5 Å². The topological polar surface area (TPSA) is 60.9 Å². The van der Waals surface area contributed by atoms with Gasteiger partial charge in [-0.2, -0.15) is 0 Å². The molecule has 0 radical (unpaired) electrons. The largest absolute Gasteiger partial charge is 0.453 e. The Bertz CT molecular complexity index is 1510. The van der Waals surface area contributed by atoms with Crippen LogP contribution in [0.5, 0.6) is 0 Å². The molecule has 0 N–H and O–H groups in total. The standard InChI is InChI=1S/C27H19Cl2N3O2S/c1-17-6-5-9-20(14-17)32-26(18-7-3-2-4-8-18)30-31-27(32)35-16-23(33)25-13-12-24(34-25)21-11-10-19(28)15-22(21)29/h2-15H,16H2,1H3. The maximum atomic E-state index is 13.0. The van der Waals surface area contributed by atoms with Crippen molar-refractivity contribution in [2.75, 3.05) is 5.75 Å². The number of thioether (sulfide) groups is 1. The Labute approximate surface area is 216 Å². The van der Waals surface area contributed by atoms with Crippen LogP contribution < -0.4 is 0 Å². The summed E-state index contributed by atoms with van der Waals surface area (Å²) >= 11 is 13.6. The van der Waals surface area contributed by atoms with E-state index in [-0.39, 0.29) is 17.3 Å². The highest BCUT2D eigenvalue weighted by Crippen LogP contribution is 2.33. The van der Waals surface area contributed by atoms with Crippen LogP contribution in [-0.4, -0.2) is 26.3 Å². The number of aromatic nitrogens is 3. The molecule has 0 amide bonds. The van der Waals surface area contributed by atoms with Gasteiger partial charge < -0.3 is 4.42 Å². The number of hydrogen-bond donors (Lipinski definition) is 0. The second-order valence-corrected chi connectivity index (χ2v) is 9.63.